The largest absolute Gasteiger partial charge is 0.355 e. The van der Waals surface area contributed by atoms with Gasteiger partial charge in [-0.2, -0.15) is 0 Å². The van der Waals surface area contributed by atoms with Crippen molar-refractivity contribution in [3.05, 3.63) is 47.7 Å². The Labute approximate surface area is 102 Å². The number of hydrogen-bond donors (Lipinski definition) is 2. The van der Waals surface area contributed by atoms with E-state index in [0.29, 0.717) is 0 Å². The Hall–Kier alpha value is -1.80. The van der Waals surface area contributed by atoms with E-state index < -0.39 is 0 Å². The topological polar surface area (TPSA) is 41.8 Å². The number of aromatic nitrogens is 1. The molecule has 0 saturated carbocycles. The first-order chi connectivity index (χ1) is 8.13. The normalized spacial score (nSPS) is 13.9. The van der Waals surface area contributed by atoms with Gasteiger partial charge in [-0.05, 0) is 26.0 Å². The van der Waals surface area contributed by atoms with Crippen LogP contribution in [0.5, 0.6) is 0 Å². The second-order valence-corrected chi connectivity index (χ2v) is 4.38. The predicted molar refractivity (Wildman–Crippen MR) is 75.7 cm³/mol. The maximum absolute atomic E-state index is 5.88. The van der Waals surface area contributed by atoms with Crippen LogP contribution in [0.3, 0.4) is 0 Å². The summed E-state index contributed by atoms with van der Waals surface area (Å²) in [6, 6.07) is 8.32. The van der Waals surface area contributed by atoms with E-state index in [4.69, 9.17) is 5.73 Å². The SMILES string of the molecule is C=Cc1[nH]c2ccccc2c1/C=C(\C)C(C)N. The van der Waals surface area contributed by atoms with Crippen molar-refractivity contribution in [2.75, 3.05) is 0 Å². The van der Waals surface area contributed by atoms with Crippen molar-refractivity contribution in [3.63, 3.8) is 0 Å². The van der Waals surface area contributed by atoms with Crippen LogP contribution in [0.15, 0.2) is 36.4 Å². The van der Waals surface area contributed by atoms with Gasteiger partial charge < -0.3 is 10.7 Å². The minimum atomic E-state index is 0.0707. The van der Waals surface area contributed by atoms with Gasteiger partial charge in [0.2, 0.25) is 0 Å². The van der Waals surface area contributed by atoms with Gasteiger partial charge >= 0.3 is 0 Å². The van der Waals surface area contributed by atoms with E-state index in [1.165, 1.54) is 10.9 Å². The average molecular weight is 226 g/mol. The molecule has 0 aliphatic heterocycles. The summed E-state index contributed by atoms with van der Waals surface area (Å²) < 4.78 is 0. The third-order valence-corrected chi connectivity index (χ3v) is 3.07. The molecule has 0 bridgehead atoms. The Kier molecular flexibility index (Phi) is 3.16. The number of aromatic amines is 1. The summed E-state index contributed by atoms with van der Waals surface area (Å²) in [6.45, 7) is 7.90. The zero-order chi connectivity index (χ0) is 12.4. The van der Waals surface area contributed by atoms with Crippen molar-refractivity contribution >= 4 is 23.1 Å². The van der Waals surface area contributed by atoms with Crippen molar-refractivity contribution in [3.8, 4) is 0 Å². The summed E-state index contributed by atoms with van der Waals surface area (Å²) in [4.78, 5) is 3.35. The zero-order valence-electron chi connectivity index (χ0n) is 10.3. The summed E-state index contributed by atoms with van der Waals surface area (Å²) in [5, 5.41) is 1.21. The number of nitrogens with one attached hydrogen (secondary N) is 1. The highest BCUT2D eigenvalue weighted by atomic mass is 14.7. The van der Waals surface area contributed by atoms with E-state index in [-0.39, 0.29) is 6.04 Å². The zero-order valence-corrected chi connectivity index (χ0v) is 10.3. The molecule has 0 fully saturated rings. The molecule has 0 aliphatic carbocycles. The standard InChI is InChI=1S/C15H18N2/c1-4-14-13(9-10(2)11(3)16)12-7-5-6-8-15(12)17-14/h4-9,11,17H,1,16H2,2-3H3/b10-9+. The molecule has 0 aliphatic rings. The number of nitrogens with two attached hydrogens (primary N) is 1. The summed E-state index contributed by atoms with van der Waals surface area (Å²) in [6.07, 6.45) is 3.99. The first kappa shape index (κ1) is 11.7. The fourth-order valence-electron chi connectivity index (χ4n) is 1.86. The maximum atomic E-state index is 5.88. The van der Waals surface area contributed by atoms with Crippen molar-refractivity contribution in [1.82, 2.24) is 4.98 Å². The highest BCUT2D eigenvalue weighted by Gasteiger charge is 2.07. The van der Waals surface area contributed by atoms with E-state index >= 15 is 0 Å². The highest BCUT2D eigenvalue weighted by Crippen LogP contribution is 2.25. The third kappa shape index (κ3) is 2.17. The molecule has 1 unspecified atom stereocenters. The third-order valence-electron chi connectivity index (χ3n) is 3.07. The van der Waals surface area contributed by atoms with Crippen molar-refractivity contribution < 1.29 is 0 Å². The number of para-hydroxylation sites is 1. The van der Waals surface area contributed by atoms with E-state index in [2.05, 4.69) is 36.7 Å². The van der Waals surface area contributed by atoms with Gasteiger partial charge in [-0.1, -0.05) is 36.4 Å². The minimum Gasteiger partial charge on any atom is -0.355 e. The molecule has 0 spiro atoms. The highest BCUT2D eigenvalue weighted by molar-refractivity contribution is 5.93. The Balaban J connectivity index is 2.66. The van der Waals surface area contributed by atoms with Crippen LogP contribution in [0.25, 0.3) is 23.1 Å². The van der Waals surface area contributed by atoms with E-state index in [1.807, 2.05) is 25.1 Å². The number of hydrogen-bond acceptors (Lipinski definition) is 1. The van der Waals surface area contributed by atoms with Gasteiger partial charge in [0.25, 0.3) is 0 Å². The molecule has 88 valence electrons. The number of benzene rings is 1. The van der Waals surface area contributed by atoms with Crippen LogP contribution < -0.4 is 5.73 Å². The van der Waals surface area contributed by atoms with Gasteiger partial charge in [-0.3, -0.25) is 0 Å². The lowest BCUT2D eigenvalue weighted by Crippen LogP contribution is -2.15. The molecular weight excluding hydrogens is 208 g/mol. The van der Waals surface area contributed by atoms with Gasteiger partial charge in [-0.15, -0.1) is 0 Å². The molecule has 0 radical (unpaired) electrons. The molecule has 1 atom stereocenters. The van der Waals surface area contributed by atoms with Crippen LogP contribution in [0.2, 0.25) is 0 Å². The Morgan fingerprint density at radius 1 is 1.41 bits per heavy atom. The van der Waals surface area contributed by atoms with Crippen LogP contribution in [-0.4, -0.2) is 11.0 Å². The lowest BCUT2D eigenvalue weighted by molar-refractivity contribution is 0.868. The van der Waals surface area contributed by atoms with Crippen LogP contribution in [-0.2, 0) is 0 Å². The second-order valence-electron chi connectivity index (χ2n) is 4.38. The van der Waals surface area contributed by atoms with E-state index in [1.54, 1.807) is 0 Å². The lowest BCUT2D eigenvalue weighted by Gasteiger charge is -2.05. The molecule has 1 heterocycles. The minimum absolute atomic E-state index is 0.0707. The molecule has 2 nitrogen and oxygen atoms in total. The molecular formula is C15H18N2. The van der Waals surface area contributed by atoms with Gasteiger partial charge in [-0.25, -0.2) is 0 Å². The molecule has 2 heteroatoms. The fourth-order valence-corrected chi connectivity index (χ4v) is 1.86. The number of H-pyrrole nitrogens is 1. The molecule has 17 heavy (non-hydrogen) atoms. The summed E-state index contributed by atoms with van der Waals surface area (Å²) in [5.41, 5.74) is 10.4. The molecule has 0 amide bonds. The van der Waals surface area contributed by atoms with Gasteiger partial charge in [0, 0.05) is 28.2 Å². The molecule has 2 rings (SSSR count). The van der Waals surface area contributed by atoms with Crippen LogP contribution >= 0.6 is 0 Å². The predicted octanol–water partition coefficient (Wildman–Crippen LogP) is 3.56. The van der Waals surface area contributed by atoms with E-state index in [0.717, 1.165) is 16.8 Å². The first-order valence-corrected chi connectivity index (χ1v) is 5.80. The van der Waals surface area contributed by atoms with Crippen LogP contribution in [0.1, 0.15) is 25.1 Å². The second kappa shape index (κ2) is 4.60. The summed E-state index contributed by atoms with van der Waals surface area (Å²) >= 11 is 0. The van der Waals surface area contributed by atoms with Gasteiger partial charge in [0.05, 0.1) is 0 Å². The molecule has 1 aromatic carbocycles. The molecule has 2 aromatic rings. The summed E-state index contributed by atoms with van der Waals surface area (Å²) in [7, 11) is 0. The van der Waals surface area contributed by atoms with Crippen LogP contribution in [0, 0.1) is 0 Å². The lowest BCUT2D eigenvalue weighted by atomic mass is 10.0. The molecule has 3 N–H and O–H groups in total. The smallest absolute Gasteiger partial charge is 0.0464 e. The Bertz CT molecular complexity index is 574. The van der Waals surface area contributed by atoms with Crippen molar-refractivity contribution in [1.29, 1.82) is 0 Å². The maximum Gasteiger partial charge on any atom is 0.0464 e. The van der Waals surface area contributed by atoms with Crippen molar-refractivity contribution in [2.24, 2.45) is 5.73 Å². The van der Waals surface area contributed by atoms with Crippen LogP contribution in [0.4, 0.5) is 0 Å². The summed E-state index contributed by atoms with van der Waals surface area (Å²) in [5.74, 6) is 0. The Morgan fingerprint density at radius 2 is 2.12 bits per heavy atom. The monoisotopic (exact) mass is 226 g/mol. The Morgan fingerprint density at radius 3 is 2.76 bits per heavy atom. The number of fused-ring (bicyclic) bond motifs is 1. The number of rotatable bonds is 3. The van der Waals surface area contributed by atoms with E-state index in [9.17, 15) is 0 Å². The fraction of sp³-hybridized carbons (Fsp3) is 0.200. The average Bonchev–Trinajstić information content (AvgIpc) is 2.67. The molecule has 1 aromatic heterocycles. The molecule has 0 saturated heterocycles. The van der Waals surface area contributed by atoms with Gasteiger partial charge in [0.1, 0.15) is 0 Å². The van der Waals surface area contributed by atoms with Crippen molar-refractivity contribution in [2.45, 2.75) is 19.9 Å². The quantitative estimate of drug-likeness (QED) is 0.825. The van der Waals surface area contributed by atoms with Gasteiger partial charge in [0.15, 0.2) is 0 Å². The first-order valence-electron chi connectivity index (χ1n) is 5.80.